The minimum absolute atomic E-state index is 0.331. The van der Waals surface area contributed by atoms with Gasteiger partial charge in [-0.2, -0.15) is 0 Å². The Morgan fingerprint density at radius 2 is 1.76 bits per heavy atom. The van der Waals surface area contributed by atoms with Crippen molar-refractivity contribution in [2.45, 2.75) is 58.4 Å². The average molecular weight is 231 g/mol. The van der Waals surface area contributed by atoms with Gasteiger partial charge in [0.1, 0.15) is 0 Å². The van der Waals surface area contributed by atoms with Crippen molar-refractivity contribution in [3.8, 4) is 0 Å². The van der Waals surface area contributed by atoms with Gasteiger partial charge >= 0.3 is 0 Å². The second kappa shape index (κ2) is 5.22. The summed E-state index contributed by atoms with van der Waals surface area (Å²) in [6.45, 7) is 4.44. The molecule has 0 bridgehead atoms. The van der Waals surface area contributed by atoms with Crippen molar-refractivity contribution in [3.05, 3.63) is 35.4 Å². The van der Waals surface area contributed by atoms with E-state index < -0.39 is 0 Å². The van der Waals surface area contributed by atoms with Crippen LogP contribution < -0.4 is 5.73 Å². The molecule has 1 nitrogen and oxygen atoms in total. The van der Waals surface area contributed by atoms with E-state index in [9.17, 15) is 0 Å². The highest BCUT2D eigenvalue weighted by Crippen LogP contribution is 2.43. The molecule has 1 saturated carbocycles. The Labute approximate surface area is 105 Å². The van der Waals surface area contributed by atoms with Gasteiger partial charge in [0.2, 0.25) is 0 Å². The minimum Gasteiger partial charge on any atom is -0.327 e. The molecule has 2 N–H and O–H groups in total. The maximum atomic E-state index is 6.49. The zero-order valence-corrected chi connectivity index (χ0v) is 11.2. The predicted molar refractivity (Wildman–Crippen MR) is 74.1 cm³/mol. The molecule has 0 amide bonds. The summed E-state index contributed by atoms with van der Waals surface area (Å²) in [6.07, 6.45) is 7.67. The van der Waals surface area contributed by atoms with Crippen LogP contribution in [0.25, 0.3) is 0 Å². The highest BCUT2D eigenvalue weighted by Gasteiger charge is 2.37. The van der Waals surface area contributed by atoms with Crippen LogP contribution in [0.4, 0.5) is 0 Å². The summed E-state index contributed by atoms with van der Waals surface area (Å²) in [6, 6.07) is 9.17. The van der Waals surface area contributed by atoms with Crippen molar-refractivity contribution in [2.24, 2.45) is 11.1 Å². The number of hydrogen-bond acceptors (Lipinski definition) is 1. The third-order valence-electron chi connectivity index (χ3n) is 4.67. The lowest BCUT2D eigenvalue weighted by Gasteiger charge is -2.34. The van der Waals surface area contributed by atoms with Gasteiger partial charge in [-0.05, 0) is 43.6 Å². The van der Waals surface area contributed by atoms with Crippen molar-refractivity contribution in [2.75, 3.05) is 0 Å². The Morgan fingerprint density at radius 3 is 2.29 bits per heavy atom. The summed E-state index contributed by atoms with van der Waals surface area (Å²) >= 11 is 0. The van der Waals surface area contributed by atoms with E-state index in [1.807, 2.05) is 0 Å². The molecule has 1 aromatic carbocycles. The zero-order valence-electron chi connectivity index (χ0n) is 11.2. The van der Waals surface area contributed by atoms with Gasteiger partial charge in [0.25, 0.3) is 0 Å². The molecule has 0 aromatic heterocycles. The Bertz CT molecular complexity index is 346. The van der Waals surface area contributed by atoms with Gasteiger partial charge in [-0.3, -0.25) is 0 Å². The summed E-state index contributed by atoms with van der Waals surface area (Å²) in [5.74, 6) is 0. The van der Waals surface area contributed by atoms with Crippen molar-refractivity contribution in [3.63, 3.8) is 0 Å². The van der Waals surface area contributed by atoms with E-state index in [2.05, 4.69) is 38.1 Å². The molecular formula is C16H25N. The molecule has 1 aliphatic rings. The van der Waals surface area contributed by atoms with Crippen molar-refractivity contribution >= 4 is 0 Å². The molecule has 1 aromatic rings. The maximum Gasteiger partial charge on any atom is 0.0136 e. The van der Waals surface area contributed by atoms with Crippen LogP contribution in [0.3, 0.4) is 0 Å². The lowest BCUT2D eigenvalue weighted by molar-refractivity contribution is 0.219. The van der Waals surface area contributed by atoms with E-state index in [4.69, 9.17) is 5.73 Å². The van der Waals surface area contributed by atoms with Crippen LogP contribution in [0.2, 0.25) is 0 Å². The number of benzene rings is 1. The van der Waals surface area contributed by atoms with Crippen molar-refractivity contribution in [1.82, 2.24) is 0 Å². The van der Waals surface area contributed by atoms with Gasteiger partial charge in [0.05, 0.1) is 0 Å². The first-order chi connectivity index (χ1) is 8.16. The highest BCUT2D eigenvalue weighted by molar-refractivity contribution is 5.22. The molecule has 0 aliphatic heterocycles. The van der Waals surface area contributed by atoms with E-state index in [1.54, 1.807) is 0 Å². The zero-order chi connectivity index (χ0) is 12.3. The van der Waals surface area contributed by atoms with E-state index >= 15 is 0 Å². The summed E-state index contributed by atoms with van der Waals surface area (Å²) in [5.41, 5.74) is 9.63. The van der Waals surface area contributed by atoms with Gasteiger partial charge in [0, 0.05) is 6.04 Å². The molecule has 1 unspecified atom stereocenters. The number of rotatable bonds is 4. The fourth-order valence-electron chi connectivity index (χ4n) is 3.26. The predicted octanol–water partition coefficient (Wildman–Crippen LogP) is 3.84. The molecule has 1 heteroatoms. The first kappa shape index (κ1) is 12.6. The van der Waals surface area contributed by atoms with Crippen LogP contribution in [0.1, 0.15) is 50.2 Å². The van der Waals surface area contributed by atoms with Gasteiger partial charge in [-0.1, -0.05) is 49.6 Å². The smallest absolute Gasteiger partial charge is 0.0136 e. The fourth-order valence-corrected chi connectivity index (χ4v) is 3.26. The molecule has 1 fully saturated rings. The molecule has 0 heterocycles. The van der Waals surface area contributed by atoms with Crippen LogP contribution in [-0.2, 0) is 6.42 Å². The Morgan fingerprint density at radius 1 is 1.18 bits per heavy atom. The first-order valence-corrected chi connectivity index (χ1v) is 6.97. The average Bonchev–Trinajstić information content (AvgIpc) is 2.82. The number of hydrogen-bond donors (Lipinski definition) is 1. The maximum absolute atomic E-state index is 6.49. The standard InChI is InChI=1S/C16H25N/c1-3-16(10-4-5-11-16)15(17)12-14-8-6-13(2)7-9-14/h6-9,15H,3-5,10-12,17H2,1-2H3. The van der Waals surface area contributed by atoms with Gasteiger partial charge in [-0.25, -0.2) is 0 Å². The van der Waals surface area contributed by atoms with Crippen LogP contribution in [-0.4, -0.2) is 6.04 Å². The summed E-state index contributed by atoms with van der Waals surface area (Å²) in [4.78, 5) is 0. The van der Waals surface area contributed by atoms with E-state index in [1.165, 1.54) is 43.2 Å². The second-order valence-electron chi connectivity index (χ2n) is 5.72. The van der Waals surface area contributed by atoms with E-state index in [0.29, 0.717) is 11.5 Å². The molecule has 0 saturated heterocycles. The molecule has 2 rings (SSSR count). The van der Waals surface area contributed by atoms with Crippen molar-refractivity contribution in [1.29, 1.82) is 0 Å². The Kier molecular flexibility index (Phi) is 3.88. The normalized spacial score (nSPS) is 20.4. The monoisotopic (exact) mass is 231 g/mol. The lowest BCUT2D eigenvalue weighted by Crippen LogP contribution is -2.41. The third kappa shape index (κ3) is 2.71. The summed E-state index contributed by atoms with van der Waals surface area (Å²) < 4.78 is 0. The molecule has 94 valence electrons. The molecular weight excluding hydrogens is 206 g/mol. The minimum atomic E-state index is 0.331. The molecule has 1 aliphatic carbocycles. The molecule has 0 spiro atoms. The van der Waals surface area contributed by atoms with Gasteiger partial charge in [-0.15, -0.1) is 0 Å². The molecule has 17 heavy (non-hydrogen) atoms. The van der Waals surface area contributed by atoms with Gasteiger partial charge in [0.15, 0.2) is 0 Å². The highest BCUT2D eigenvalue weighted by atomic mass is 14.7. The third-order valence-corrected chi connectivity index (χ3v) is 4.67. The Balaban J connectivity index is 2.05. The van der Waals surface area contributed by atoms with Gasteiger partial charge < -0.3 is 5.73 Å². The van der Waals surface area contributed by atoms with Crippen LogP contribution >= 0.6 is 0 Å². The number of nitrogens with two attached hydrogens (primary N) is 1. The molecule has 0 radical (unpaired) electrons. The second-order valence-corrected chi connectivity index (χ2v) is 5.72. The quantitative estimate of drug-likeness (QED) is 0.837. The summed E-state index contributed by atoms with van der Waals surface area (Å²) in [7, 11) is 0. The fraction of sp³-hybridized carbons (Fsp3) is 0.625. The summed E-state index contributed by atoms with van der Waals surface area (Å²) in [5, 5.41) is 0. The van der Waals surface area contributed by atoms with Crippen LogP contribution in [0, 0.1) is 12.3 Å². The van der Waals surface area contributed by atoms with Crippen molar-refractivity contribution < 1.29 is 0 Å². The van der Waals surface area contributed by atoms with E-state index in [0.717, 1.165) is 6.42 Å². The molecule has 1 atom stereocenters. The Hall–Kier alpha value is -0.820. The SMILES string of the molecule is CCC1(C(N)Cc2ccc(C)cc2)CCCC1. The number of aryl methyl sites for hydroxylation is 1. The van der Waals surface area contributed by atoms with E-state index in [-0.39, 0.29) is 0 Å². The first-order valence-electron chi connectivity index (χ1n) is 6.97. The van der Waals surface area contributed by atoms with Crippen LogP contribution in [0.15, 0.2) is 24.3 Å². The topological polar surface area (TPSA) is 26.0 Å². The largest absolute Gasteiger partial charge is 0.327 e. The lowest BCUT2D eigenvalue weighted by atomic mass is 9.74. The van der Waals surface area contributed by atoms with Crippen LogP contribution in [0.5, 0.6) is 0 Å².